The van der Waals surface area contributed by atoms with Gasteiger partial charge in [0.2, 0.25) is 5.91 Å². The number of rotatable bonds is 4. The molecular weight excluding hydrogens is 324 g/mol. The number of nitrogens with zero attached hydrogens (tertiary/aromatic N) is 1. The summed E-state index contributed by atoms with van der Waals surface area (Å²) in [6, 6.07) is 17.3. The van der Waals surface area contributed by atoms with Crippen molar-refractivity contribution in [2.45, 2.75) is 39.3 Å². The molecule has 1 N–H and O–H groups in total. The van der Waals surface area contributed by atoms with E-state index in [1.165, 1.54) is 0 Å². The minimum Gasteiger partial charge on any atom is -0.350 e. The van der Waals surface area contributed by atoms with E-state index in [-0.39, 0.29) is 17.9 Å². The first kappa shape index (κ1) is 18.2. The van der Waals surface area contributed by atoms with E-state index in [4.69, 9.17) is 0 Å². The lowest BCUT2D eigenvalue weighted by Crippen LogP contribution is -2.61. The first-order valence-electron chi connectivity index (χ1n) is 9.22. The number of hydrogen-bond donors (Lipinski definition) is 1. The third-order valence-electron chi connectivity index (χ3n) is 4.73. The average molecular weight is 350 g/mol. The zero-order chi connectivity index (χ0) is 18.7. The lowest BCUT2D eigenvalue weighted by Gasteiger charge is -2.39. The summed E-state index contributed by atoms with van der Waals surface area (Å²) >= 11 is 0. The molecule has 0 saturated carbocycles. The van der Waals surface area contributed by atoms with E-state index >= 15 is 0 Å². The van der Waals surface area contributed by atoms with Crippen LogP contribution in [0, 0.1) is 5.92 Å². The standard InChI is InChI=1S/C22H26N2O2/c1-15(2)13-20-21(25)23-16(3)14-24(20)22(26)19-11-9-18(10-12-19)17-7-5-4-6-8-17/h4-12,15-16,20H,13-14H2,1-3H3,(H,23,25). The summed E-state index contributed by atoms with van der Waals surface area (Å²) in [7, 11) is 0. The van der Waals surface area contributed by atoms with Crippen molar-refractivity contribution >= 4 is 11.8 Å². The zero-order valence-electron chi connectivity index (χ0n) is 15.6. The fourth-order valence-corrected chi connectivity index (χ4v) is 3.46. The maximum Gasteiger partial charge on any atom is 0.254 e. The van der Waals surface area contributed by atoms with Crippen molar-refractivity contribution < 1.29 is 9.59 Å². The van der Waals surface area contributed by atoms with E-state index in [2.05, 4.69) is 19.2 Å². The van der Waals surface area contributed by atoms with Gasteiger partial charge in [0.1, 0.15) is 6.04 Å². The van der Waals surface area contributed by atoms with Gasteiger partial charge in [0.05, 0.1) is 0 Å². The molecule has 1 fully saturated rings. The molecule has 0 radical (unpaired) electrons. The molecule has 2 atom stereocenters. The van der Waals surface area contributed by atoms with Gasteiger partial charge in [-0.15, -0.1) is 0 Å². The largest absolute Gasteiger partial charge is 0.350 e. The molecule has 4 nitrogen and oxygen atoms in total. The molecule has 2 unspecified atom stereocenters. The second-order valence-corrected chi connectivity index (χ2v) is 7.46. The Kier molecular flexibility index (Phi) is 5.40. The number of nitrogens with one attached hydrogen (secondary N) is 1. The average Bonchev–Trinajstić information content (AvgIpc) is 2.64. The fraction of sp³-hybridized carbons (Fsp3) is 0.364. The van der Waals surface area contributed by atoms with Crippen molar-refractivity contribution in [1.29, 1.82) is 0 Å². The van der Waals surface area contributed by atoms with Crippen LogP contribution in [0.3, 0.4) is 0 Å². The van der Waals surface area contributed by atoms with Crippen molar-refractivity contribution in [3.05, 3.63) is 60.2 Å². The molecule has 136 valence electrons. The van der Waals surface area contributed by atoms with Crippen LogP contribution in [0.25, 0.3) is 11.1 Å². The Balaban J connectivity index is 1.83. The Labute approximate surface area is 155 Å². The van der Waals surface area contributed by atoms with Crippen molar-refractivity contribution in [1.82, 2.24) is 10.2 Å². The van der Waals surface area contributed by atoms with E-state index in [9.17, 15) is 9.59 Å². The second-order valence-electron chi connectivity index (χ2n) is 7.46. The van der Waals surface area contributed by atoms with Gasteiger partial charge in [-0.25, -0.2) is 0 Å². The number of piperazine rings is 1. The number of carbonyl (C=O) groups excluding carboxylic acids is 2. The highest BCUT2D eigenvalue weighted by Crippen LogP contribution is 2.22. The molecule has 0 aromatic heterocycles. The molecule has 2 amide bonds. The smallest absolute Gasteiger partial charge is 0.254 e. The van der Waals surface area contributed by atoms with Gasteiger partial charge in [-0.1, -0.05) is 56.3 Å². The first-order chi connectivity index (χ1) is 12.5. The van der Waals surface area contributed by atoms with Crippen LogP contribution in [0.15, 0.2) is 54.6 Å². The summed E-state index contributed by atoms with van der Waals surface area (Å²) < 4.78 is 0. The predicted octanol–water partition coefficient (Wildman–Crippen LogP) is 3.73. The Morgan fingerprint density at radius 1 is 1.08 bits per heavy atom. The van der Waals surface area contributed by atoms with Crippen LogP contribution in [0.4, 0.5) is 0 Å². The molecule has 2 aromatic carbocycles. The Hall–Kier alpha value is -2.62. The van der Waals surface area contributed by atoms with Crippen LogP contribution in [-0.4, -0.2) is 35.3 Å². The Morgan fingerprint density at radius 3 is 2.31 bits per heavy atom. The predicted molar refractivity (Wildman–Crippen MR) is 104 cm³/mol. The monoisotopic (exact) mass is 350 g/mol. The number of amides is 2. The van der Waals surface area contributed by atoms with Crippen molar-refractivity contribution in [3.8, 4) is 11.1 Å². The quantitative estimate of drug-likeness (QED) is 0.913. The van der Waals surface area contributed by atoms with E-state index in [0.29, 0.717) is 24.4 Å². The third-order valence-corrected chi connectivity index (χ3v) is 4.73. The highest BCUT2D eigenvalue weighted by atomic mass is 16.2. The van der Waals surface area contributed by atoms with Gasteiger partial charge in [0, 0.05) is 18.2 Å². The third kappa shape index (κ3) is 3.96. The zero-order valence-corrected chi connectivity index (χ0v) is 15.6. The van der Waals surface area contributed by atoms with Crippen molar-refractivity contribution in [2.24, 2.45) is 5.92 Å². The summed E-state index contributed by atoms with van der Waals surface area (Å²) in [6.45, 7) is 6.62. The van der Waals surface area contributed by atoms with Gasteiger partial charge in [-0.05, 0) is 42.5 Å². The Morgan fingerprint density at radius 2 is 1.69 bits per heavy atom. The second kappa shape index (κ2) is 7.73. The van der Waals surface area contributed by atoms with Crippen molar-refractivity contribution in [2.75, 3.05) is 6.54 Å². The summed E-state index contributed by atoms with van der Waals surface area (Å²) in [5, 5.41) is 2.97. The minimum atomic E-state index is -0.396. The summed E-state index contributed by atoms with van der Waals surface area (Å²) in [5.41, 5.74) is 2.82. The van der Waals surface area contributed by atoms with Crippen LogP contribution in [-0.2, 0) is 4.79 Å². The molecule has 1 aliphatic rings. The van der Waals surface area contributed by atoms with E-state index in [0.717, 1.165) is 11.1 Å². The number of hydrogen-bond acceptors (Lipinski definition) is 2. The summed E-state index contributed by atoms with van der Waals surface area (Å²) in [6.07, 6.45) is 0.673. The van der Waals surface area contributed by atoms with Gasteiger partial charge < -0.3 is 10.2 Å². The molecule has 26 heavy (non-hydrogen) atoms. The maximum atomic E-state index is 13.1. The SMILES string of the molecule is CC(C)CC1C(=O)NC(C)CN1C(=O)c1ccc(-c2ccccc2)cc1. The molecule has 0 bridgehead atoms. The van der Waals surface area contributed by atoms with Gasteiger partial charge in [0.25, 0.3) is 5.91 Å². The number of carbonyl (C=O) groups is 2. The molecule has 2 aromatic rings. The molecule has 0 spiro atoms. The lowest BCUT2D eigenvalue weighted by atomic mass is 9.97. The van der Waals surface area contributed by atoms with Crippen LogP contribution in [0.2, 0.25) is 0 Å². The highest BCUT2D eigenvalue weighted by molar-refractivity contribution is 5.98. The highest BCUT2D eigenvalue weighted by Gasteiger charge is 2.36. The van der Waals surface area contributed by atoms with Gasteiger partial charge in [-0.2, -0.15) is 0 Å². The normalized spacial score (nSPS) is 20.2. The lowest BCUT2D eigenvalue weighted by molar-refractivity contribution is -0.129. The van der Waals surface area contributed by atoms with Crippen LogP contribution in [0.5, 0.6) is 0 Å². The topological polar surface area (TPSA) is 49.4 Å². The van der Waals surface area contributed by atoms with E-state index in [1.54, 1.807) is 4.90 Å². The minimum absolute atomic E-state index is 0.0292. The van der Waals surface area contributed by atoms with Crippen LogP contribution in [0.1, 0.15) is 37.6 Å². The van der Waals surface area contributed by atoms with Gasteiger partial charge in [0.15, 0.2) is 0 Å². The molecule has 1 saturated heterocycles. The van der Waals surface area contributed by atoms with Crippen LogP contribution < -0.4 is 5.32 Å². The van der Waals surface area contributed by atoms with E-state index in [1.807, 2.05) is 61.5 Å². The van der Waals surface area contributed by atoms with Crippen LogP contribution >= 0.6 is 0 Å². The summed E-state index contributed by atoms with van der Waals surface area (Å²) in [4.78, 5) is 27.2. The first-order valence-corrected chi connectivity index (χ1v) is 9.22. The Bertz CT molecular complexity index is 768. The summed E-state index contributed by atoms with van der Waals surface area (Å²) in [5.74, 6) is 0.221. The van der Waals surface area contributed by atoms with Gasteiger partial charge >= 0.3 is 0 Å². The molecule has 1 aliphatic heterocycles. The van der Waals surface area contributed by atoms with E-state index < -0.39 is 6.04 Å². The molecule has 0 aliphatic carbocycles. The fourth-order valence-electron chi connectivity index (χ4n) is 3.46. The molecule has 4 heteroatoms. The molecule has 3 rings (SSSR count). The molecule has 1 heterocycles. The maximum absolute atomic E-state index is 13.1. The number of benzene rings is 2. The van der Waals surface area contributed by atoms with Crippen molar-refractivity contribution in [3.63, 3.8) is 0 Å². The molecular formula is C22H26N2O2. The van der Waals surface area contributed by atoms with Gasteiger partial charge in [-0.3, -0.25) is 9.59 Å².